The van der Waals surface area contributed by atoms with Gasteiger partial charge in [-0.3, -0.25) is 4.79 Å². The predicted octanol–water partition coefficient (Wildman–Crippen LogP) is 2.72. The molecule has 1 aromatic carbocycles. The number of amides is 1. The highest BCUT2D eigenvalue weighted by Gasteiger charge is 2.14. The van der Waals surface area contributed by atoms with Crippen LogP contribution >= 0.6 is 0 Å². The van der Waals surface area contributed by atoms with Gasteiger partial charge in [-0.1, -0.05) is 18.1 Å². The zero-order chi connectivity index (χ0) is 12.7. The summed E-state index contributed by atoms with van der Waals surface area (Å²) in [7, 11) is 1.55. The highest BCUT2D eigenvalue weighted by Crippen LogP contribution is 2.17. The number of carbonyl (C=O) groups excluding carboxylic acids is 1. The third-order valence-corrected chi connectivity index (χ3v) is 2.22. The molecule has 6 nitrogen and oxygen atoms in total. The SMILES string of the molecule is CC[C@@H](N=[N+]=[N-])C(=O)Nc1cccc(OC)c1. The van der Waals surface area contributed by atoms with Gasteiger partial charge in [0, 0.05) is 16.7 Å². The van der Waals surface area contributed by atoms with Crippen molar-refractivity contribution >= 4 is 11.6 Å². The minimum Gasteiger partial charge on any atom is -0.497 e. The monoisotopic (exact) mass is 234 g/mol. The summed E-state index contributed by atoms with van der Waals surface area (Å²) in [4.78, 5) is 14.4. The molecule has 0 fully saturated rings. The van der Waals surface area contributed by atoms with Crippen LogP contribution < -0.4 is 10.1 Å². The maximum Gasteiger partial charge on any atom is 0.233 e. The summed E-state index contributed by atoms with van der Waals surface area (Å²) in [6.07, 6.45) is 0.458. The molecule has 17 heavy (non-hydrogen) atoms. The zero-order valence-corrected chi connectivity index (χ0v) is 9.75. The Bertz CT molecular complexity index is 441. The standard InChI is InChI=1S/C11H14N4O2/c1-3-10(14-15-12)11(16)13-8-5-4-6-9(7-8)17-2/h4-7,10H,3H2,1-2H3,(H,13,16)/t10-/m1/s1. The van der Waals surface area contributed by atoms with Gasteiger partial charge in [-0.15, -0.1) is 0 Å². The Hall–Kier alpha value is -2.20. The molecule has 0 heterocycles. The lowest BCUT2D eigenvalue weighted by atomic mass is 10.2. The molecule has 1 rings (SSSR count). The summed E-state index contributed by atoms with van der Waals surface area (Å²) >= 11 is 0. The van der Waals surface area contributed by atoms with Gasteiger partial charge >= 0.3 is 0 Å². The van der Waals surface area contributed by atoms with Crippen LogP contribution in [0.3, 0.4) is 0 Å². The molecule has 1 aromatic rings. The second kappa shape index (κ2) is 6.40. The van der Waals surface area contributed by atoms with Gasteiger partial charge in [-0.25, -0.2) is 0 Å². The second-order valence-corrected chi connectivity index (χ2v) is 3.35. The average Bonchev–Trinajstić information content (AvgIpc) is 2.36. The quantitative estimate of drug-likeness (QED) is 0.482. The van der Waals surface area contributed by atoms with E-state index in [1.54, 1.807) is 38.3 Å². The smallest absolute Gasteiger partial charge is 0.233 e. The summed E-state index contributed by atoms with van der Waals surface area (Å²) in [6.45, 7) is 1.78. The molecule has 0 spiro atoms. The van der Waals surface area contributed by atoms with Gasteiger partial charge in [0.25, 0.3) is 0 Å². The molecule has 0 aliphatic carbocycles. The molecule has 0 radical (unpaired) electrons. The topological polar surface area (TPSA) is 87.1 Å². The first-order valence-corrected chi connectivity index (χ1v) is 5.20. The molecule has 1 atom stereocenters. The van der Waals surface area contributed by atoms with E-state index in [0.717, 1.165) is 0 Å². The molecule has 0 bridgehead atoms. The predicted molar refractivity (Wildman–Crippen MR) is 64.8 cm³/mol. The van der Waals surface area contributed by atoms with Crippen LogP contribution in [0, 0.1) is 0 Å². The number of anilines is 1. The van der Waals surface area contributed by atoms with Crippen molar-refractivity contribution in [1.82, 2.24) is 0 Å². The summed E-state index contributed by atoms with van der Waals surface area (Å²) in [5.74, 6) is 0.332. The summed E-state index contributed by atoms with van der Waals surface area (Å²) < 4.78 is 5.04. The summed E-state index contributed by atoms with van der Waals surface area (Å²) in [5.41, 5.74) is 8.94. The molecule has 90 valence electrons. The molecular weight excluding hydrogens is 220 g/mol. The fourth-order valence-corrected chi connectivity index (χ4v) is 1.31. The van der Waals surface area contributed by atoms with Crippen molar-refractivity contribution in [2.45, 2.75) is 19.4 Å². The molecule has 0 unspecified atom stereocenters. The lowest BCUT2D eigenvalue weighted by Crippen LogP contribution is -2.25. The minimum atomic E-state index is -0.689. The Kier molecular flexibility index (Phi) is 4.84. The van der Waals surface area contributed by atoms with Gasteiger partial charge in [0.15, 0.2) is 0 Å². The van der Waals surface area contributed by atoms with Gasteiger partial charge in [-0.05, 0) is 24.1 Å². The van der Waals surface area contributed by atoms with Gasteiger partial charge in [0.2, 0.25) is 5.91 Å². The number of azide groups is 1. The summed E-state index contributed by atoms with van der Waals surface area (Å²) in [6, 6.07) is 6.29. The Morgan fingerprint density at radius 2 is 2.41 bits per heavy atom. The van der Waals surface area contributed by atoms with E-state index in [1.807, 2.05) is 0 Å². The van der Waals surface area contributed by atoms with Crippen LogP contribution in [0.15, 0.2) is 29.4 Å². The maximum atomic E-state index is 11.7. The molecule has 0 aliphatic heterocycles. The lowest BCUT2D eigenvalue weighted by Gasteiger charge is -2.10. The molecule has 6 heteroatoms. The summed E-state index contributed by atoms with van der Waals surface area (Å²) in [5, 5.41) is 6.09. The van der Waals surface area contributed by atoms with Crippen molar-refractivity contribution in [3.05, 3.63) is 34.7 Å². The fraction of sp³-hybridized carbons (Fsp3) is 0.364. The number of nitrogens with one attached hydrogen (secondary N) is 1. The molecule has 0 aromatic heterocycles. The Morgan fingerprint density at radius 3 is 3.00 bits per heavy atom. The highest BCUT2D eigenvalue weighted by molar-refractivity contribution is 5.95. The van der Waals surface area contributed by atoms with Crippen molar-refractivity contribution in [1.29, 1.82) is 0 Å². The first-order valence-electron chi connectivity index (χ1n) is 5.20. The molecule has 0 saturated carbocycles. The number of hydrogen-bond acceptors (Lipinski definition) is 3. The van der Waals surface area contributed by atoms with Crippen LogP contribution in [0.25, 0.3) is 10.4 Å². The van der Waals surface area contributed by atoms with Crippen LogP contribution in [0.2, 0.25) is 0 Å². The molecule has 0 saturated heterocycles. The number of methoxy groups -OCH3 is 1. The number of carbonyl (C=O) groups is 1. The minimum absolute atomic E-state index is 0.321. The molecule has 1 amide bonds. The third-order valence-electron chi connectivity index (χ3n) is 2.22. The van der Waals surface area contributed by atoms with Gasteiger partial charge in [-0.2, -0.15) is 0 Å². The van der Waals surface area contributed by atoms with Gasteiger partial charge in [0.05, 0.1) is 7.11 Å². The number of hydrogen-bond donors (Lipinski definition) is 1. The van der Waals surface area contributed by atoms with E-state index < -0.39 is 6.04 Å². The van der Waals surface area contributed by atoms with Crippen LogP contribution in [-0.2, 0) is 4.79 Å². The Balaban J connectivity index is 2.75. The first-order chi connectivity index (χ1) is 8.21. The molecule has 1 N–H and O–H groups in total. The zero-order valence-electron chi connectivity index (χ0n) is 9.75. The number of benzene rings is 1. The lowest BCUT2D eigenvalue weighted by molar-refractivity contribution is -0.117. The van der Waals surface area contributed by atoms with Crippen molar-refractivity contribution in [3.63, 3.8) is 0 Å². The van der Waals surface area contributed by atoms with Crippen LogP contribution in [0.1, 0.15) is 13.3 Å². The molecular formula is C11H14N4O2. The van der Waals surface area contributed by atoms with Crippen LogP contribution in [-0.4, -0.2) is 19.1 Å². The largest absolute Gasteiger partial charge is 0.497 e. The van der Waals surface area contributed by atoms with Crippen LogP contribution in [0.4, 0.5) is 5.69 Å². The first kappa shape index (κ1) is 12.9. The van der Waals surface area contributed by atoms with Gasteiger partial charge in [0.1, 0.15) is 11.8 Å². The van der Waals surface area contributed by atoms with E-state index in [1.165, 1.54) is 0 Å². The van der Waals surface area contributed by atoms with E-state index in [9.17, 15) is 4.79 Å². The molecule has 0 aliphatic rings. The van der Waals surface area contributed by atoms with Crippen molar-refractivity contribution in [2.24, 2.45) is 5.11 Å². The van der Waals surface area contributed by atoms with Crippen molar-refractivity contribution in [3.8, 4) is 5.75 Å². The van der Waals surface area contributed by atoms with E-state index >= 15 is 0 Å². The number of nitrogens with zero attached hydrogens (tertiary/aromatic N) is 3. The Labute approximate surface area is 99.2 Å². The van der Waals surface area contributed by atoms with Crippen LogP contribution in [0.5, 0.6) is 5.75 Å². The van der Waals surface area contributed by atoms with E-state index in [2.05, 4.69) is 15.3 Å². The van der Waals surface area contributed by atoms with E-state index in [0.29, 0.717) is 17.9 Å². The van der Waals surface area contributed by atoms with Crippen molar-refractivity contribution in [2.75, 3.05) is 12.4 Å². The number of rotatable bonds is 5. The van der Waals surface area contributed by atoms with Crippen molar-refractivity contribution < 1.29 is 9.53 Å². The van der Waals surface area contributed by atoms with E-state index in [-0.39, 0.29) is 5.91 Å². The van der Waals surface area contributed by atoms with Gasteiger partial charge < -0.3 is 10.1 Å². The Morgan fingerprint density at radius 1 is 1.65 bits per heavy atom. The fourth-order valence-electron chi connectivity index (χ4n) is 1.31. The third kappa shape index (κ3) is 3.70. The maximum absolute atomic E-state index is 11.7. The highest BCUT2D eigenvalue weighted by atomic mass is 16.5. The second-order valence-electron chi connectivity index (χ2n) is 3.35. The number of ether oxygens (including phenoxy) is 1. The average molecular weight is 234 g/mol. The van der Waals surface area contributed by atoms with E-state index in [4.69, 9.17) is 10.3 Å². The normalized spacial score (nSPS) is 11.2.